The second-order valence-electron chi connectivity index (χ2n) is 6.43. The molecule has 0 aliphatic carbocycles. The molecule has 2 aromatic carbocycles. The van der Waals surface area contributed by atoms with Crippen molar-refractivity contribution < 1.29 is 4.79 Å². The van der Waals surface area contributed by atoms with Gasteiger partial charge in [-0.25, -0.2) is 0 Å². The lowest BCUT2D eigenvalue weighted by Crippen LogP contribution is -2.45. The molecule has 0 unspecified atom stereocenters. The molecule has 3 nitrogen and oxygen atoms in total. The molecule has 1 aliphatic heterocycles. The van der Waals surface area contributed by atoms with E-state index >= 15 is 0 Å². The summed E-state index contributed by atoms with van der Waals surface area (Å²) in [6.07, 6.45) is 3.68. The van der Waals surface area contributed by atoms with Crippen molar-refractivity contribution >= 4 is 16.7 Å². The maximum absolute atomic E-state index is 12.6. The van der Waals surface area contributed by atoms with Gasteiger partial charge in [0.25, 0.3) is 0 Å². The van der Waals surface area contributed by atoms with E-state index in [1.807, 2.05) is 0 Å². The molecular formula is C20H26N2O. The van der Waals surface area contributed by atoms with Crippen LogP contribution in [-0.4, -0.2) is 29.9 Å². The highest BCUT2D eigenvalue weighted by Crippen LogP contribution is 2.21. The van der Waals surface area contributed by atoms with E-state index in [4.69, 9.17) is 0 Å². The Hall–Kier alpha value is -1.87. The summed E-state index contributed by atoms with van der Waals surface area (Å²) in [5, 5.41) is 5.89. The highest BCUT2D eigenvalue weighted by molar-refractivity contribution is 5.83. The molecule has 0 saturated carbocycles. The van der Waals surface area contributed by atoms with Crippen LogP contribution >= 0.6 is 0 Å². The van der Waals surface area contributed by atoms with Crippen LogP contribution in [0.5, 0.6) is 0 Å². The number of rotatable bonds is 5. The third kappa shape index (κ3) is 3.91. The van der Waals surface area contributed by atoms with Gasteiger partial charge in [-0.15, -0.1) is 0 Å². The Kier molecular flexibility index (Phi) is 5.29. The third-order valence-electron chi connectivity index (χ3n) is 4.70. The number of hydrogen-bond donors (Lipinski definition) is 1. The Bertz CT molecular complexity index is 661. The Morgan fingerprint density at radius 1 is 1.13 bits per heavy atom. The summed E-state index contributed by atoms with van der Waals surface area (Å²) in [6.45, 7) is 4.83. The molecule has 0 radical (unpaired) electrons. The Morgan fingerprint density at radius 3 is 2.61 bits per heavy atom. The molecule has 3 heteroatoms. The van der Waals surface area contributed by atoms with Crippen LogP contribution in [0.2, 0.25) is 0 Å². The highest BCUT2D eigenvalue weighted by atomic mass is 16.2. The van der Waals surface area contributed by atoms with Gasteiger partial charge in [0.15, 0.2) is 0 Å². The van der Waals surface area contributed by atoms with Crippen molar-refractivity contribution in [1.82, 2.24) is 10.2 Å². The predicted octanol–water partition coefficient (Wildman–Crippen LogP) is 3.72. The number of carbonyl (C=O) groups excluding carboxylic acids is 1. The topological polar surface area (TPSA) is 32.3 Å². The van der Waals surface area contributed by atoms with E-state index in [2.05, 4.69) is 59.6 Å². The SMILES string of the molecule is CCCC(=O)N(Cc1ccc2ccccc2c1)C1CCNCC1. The van der Waals surface area contributed by atoms with E-state index in [-0.39, 0.29) is 0 Å². The quantitative estimate of drug-likeness (QED) is 0.913. The number of piperidine rings is 1. The first-order valence-corrected chi connectivity index (χ1v) is 8.76. The van der Waals surface area contributed by atoms with Crippen LogP contribution in [0.1, 0.15) is 38.2 Å². The van der Waals surface area contributed by atoms with Crippen molar-refractivity contribution in [2.75, 3.05) is 13.1 Å². The Balaban J connectivity index is 1.81. The Morgan fingerprint density at radius 2 is 1.87 bits per heavy atom. The molecule has 122 valence electrons. The first-order valence-electron chi connectivity index (χ1n) is 8.76. The summed E-state index contributed by atoms with van der Waals surface area (Å²) in [6, 6.07) is 15.3. The molecule has 0 spiro atoms. The maximum Gasteiger partial charge on any atom is 0.223 e. The molecule has 1 saturated heterocycles. The number of benzene rings is 2. The van der Waals surface area contributed by atoms with Crippen LogP contribution in [0.15, 0.2) is 42.5 Å². The number of nitrogens with zero attached hydrogens (tertiary/aromatic N) is 1. The van der Waals surface area contributed by atoms with Crippen LogP contribution in [0.3, 0.4) is 0 Å². The zero-order chi connectivity index (χ0) is 16.1. The maximum atomic E-state index is 12.6. The van der Waals surface area contributed by atoms with Crippen molar-refractivity contribution in [2.45, 2.75) is 45.2 Å². The fourth-order valence-electron chi connectivity index (χ4n) is 3.43. The zero-order valence-electron chi connectivity index (χ0n) is 13.9. The van der Waals surface area contributed by atoms with E-state index in [1.54, 1.807) is 0 Å². The summed E-state index contributed by atoms with van der Waals surface area (Å²) < 4.78 is 0. The minimum absolute atomic E-state index is 0.299. The zero-order valence-corrected chi connectivity index (χ0v) is 13.9. The van der Waals surface area contributed by atoms with Crippen LogP contribution in [0, 0.1) is 0 Å². The second-order valence-corrected chi connectivity index (χ2v) is 6.43. The fourth-order valence-corrected chi connectivity index (χ4v) is 3.43. The first kappa shape index (κ1) is 16.0. The van der Waals surface area contributed by atoms with Gasteiger partial charge in [-0.1, -0.05) is 43.3 Å². The standard InChI is InChI=1S/C20H26N2O/c1-2-5-20(23)22(19-10-12-21-13-11-19)15-16-8-9-17-6-3-4-7-18(17)14-16/h3-4,6-9,14,19,21H,2,5,10-13,15H2,1H3. The summed E-state index contributed by atoms with van der Waals surface area (Å²) in [5.74, 6) is 0.299. The molecule has 1 N–H and O–H groups in total. The number of amides is 1. The lowest BCUT2D eigenvalue weighted by atomic mass is 10.0. The largest absolute Gasteiger partial charge is 0.335 e. The molecule has 1 heterocycles. The third-order valence-corrected chi connectivity index (χ3v) is 4.70. The van der Waals surface area contributed by atoms with E-state index in [1.165, 1.54) is 16.3 Å². The number of carbonyl (C=O) groups is 1. The molecular weight excluding hydrogens is 284 g/mol. The van der Waals surface area contributed by atoms with E-state index in [0.29, 0.717) is 18.4 Å². The second kappa shape index (κ2) is 7.60. The fraction of sp³-hybridized carbons (Fsp3) is 0.450. The van der Waals surface area contributed by atoms with Gasteiger partial charge in [-0.3, -0.25) is 4.79 Å². The molecule has 2 aromatic rings. The van der Waals surface area contributed by atoms with Crippen molar-refractivity contribution in [3.05, 3.63) is 48.0 Å². The van der Waals surface area contributed by atoms with Crippen molar-refractivity contribution in [1.29, 1.82) is 0 Å². The van der Waals surface area contributed by atoms with Gasteiger partial charge in [0.2, 0.25) is 5.91 Å². The van der Waals surface area contributed by atoms with E-state index < -0.39 is 0 Å². The van der Waals surface area contributed by atoms with Gasteiger partial charge in [-0.05, 0) is 54.8 Å². The van der Waals surface area contributed by atoms with Gasteiger partial charge in [0, 0.05) is 19.0 Å². The highest BCUT2D eigenvalue weighted by Gasteiger charge is 2.24. The molecule has 0 bridgehead atoms. The molecule has 1 aliphatic rings. The van der Waals surface area contributed by atoms with Crippen LogP contribution < -0.4 is 5.32 Å². The number of fused-ring (bicyclic) bond motifs is 1. The van der Waals surface area contributed by atoms with Gasteiger partial charge in [0.05, 0.1) is 0 Å². The summed E-state index contributed by atoms with van der Waals surface area (Å²) in [7, 11) is 0. The molecule has 1 amide bonds. The lowest BCUT2D eigenvalue weighted by molar-refractivity contribution is -0.134. The normalized spacial score (nSPS) is 15.7. The average molecular weight is 310 g/mol. The summed E-state index contributed by atoms with van der Waals surface area (Å²) in [4.78, 5) is 14.7. The molecule has 23 heavy (non-hydrogen) atoms. The molecule has 1 fully saturated rings. The number of hydrogen-bond acceptors (Lipinski definition) is 2. The molecule has 0 atom stereocenters. The van der Waals surface area contributed by atoms with E-state index in [0.717, 1.165) is 38.9 Å². The van der Waals surface area contributed by atoms with Crippen LogP contribution in [0.25, 0.3) is 10.8 Å². The summed E-state index contributed by atoms with van der Waals surface area (Å²) >= 11 is 0. The van der Waals surface area contributed by atoms with Gasteiger partial charge < -0.3 is 10.2 Å². The van der Waals surface area contributed by atoms with Crippen molar-refractivity contribution in [2.24, 2.45) is 0 Å². The predicted molar refractivity (Wildman–Crippen MR) is 95.3 cm³/mol. The van der Waals surface area contributed by atoms with Crippen LogP contribution in [-0.2, 0) is 11.3 Å². The molecule has 0 aromatic heterocycles. The van der Waals surface area contributed by atoms with Gasteiger partial charge in [0.1, 0.15) is 0 Å². The van der Waals surface area contributed by atoms with Crippen molar-refractivity contribution in [3.63, 3.8) is 0 Å². The van der Waals surface area contributed by atoms with Gasteiger partial charge >= 0.3 is 0 Å². The minimum Gasteiger partial charge on any atom is -0.335 e. The van der Waals surface area contributed by atoms with Crippen LogP contribution in [0.4, 0.5) is 0 Å². The summed E-state index contributed by atoms with van der Waals surface area (Å²) in [5.41, 5.74) is 1.23. The molecule has 3 rings (SSSR count). The first-order chi connectivity index (χ1) is 11.3. The minimum atomic E-state index is 0.299. The average Bonchev–Trinajstić information content (AvgIpc) is 2.60. The lowest BCUT2D eigenvalue weighted by Gasteiger charge is -2.35. The van der Waals surface area contributed by atoms with Crippen molar-refractivity contribution in [3.8, 4) is 0 Å². The Labute approximate surface area is 138 Å². The monoisotopic (exact) mass is 310 g/mol. The van der Waals surface area contributed by atoms with Gasteiger partial charge in [-0.2, -0.15) is 0 Å². The van der Waals surface area contributed by atoms with E-state index in [9.17, 15) is 4.79 Å². The number of nitrogens with one attached hydrogen (secondary N) is 1. The smallest absolute Gasteiger partial charge is 0.223 e.